The molecule has 0 aliphatic carbocycles. The van der Waals surface area contributed by atoms with Crippen LogP contribution in [0, 0.1) is 0 Å². The van der Waals surface area contributed by atoms with E-state index in [-0.39, 0.29) is 5.91 Å². The van der Waals surface area contributed by atoms with Gasteiger partial charge in [0.1, 0.15) is 0 Å². The molecule has 1 aromatic heterocycles. The Morgan fingerprint density at radius 3 is 3.07 bits per heavy atom. The molecule has 0 fully saturated rings. The van der Waals surface area contributed by atoms with Crippen molar-refractivity contribution in [1.29, 1.82) is 0 Å². The number of nitrogens with zero attached hydrogens (tertiary/aromatic N) is 2. The van der Waals surface area contributed by atoms with Crippen molar-refractivity contribution in [3.05, 3.63) is 12.4 Å². The molecule has 0 unspecified atom stereocenters. The number of carbonyl (C=O) groups excluding carboxylic acids is 1. The van der Waals surface area contributed by atoms with Crippen molar-refractivity contribution in [2.75, 3.05) is 13.7 Å². The lowest BCUT2D eigenvalue weighted by atomic mass is 10.4. The van der Waals surface area contributed by atoms with Gasteiger partial charge in [-0.2, -0.15) is 5.10 Å². The standard InChI is InChI=1S/C9H15N3O2/c1-3-12-7-8(6-11-12)14-5-4-9(13)10-2/h6-7H,3-5H2,1-2H3,(H,10,13). The first-order valence-electron chi connectivity index (χ1n) is 4.62. The maximum absolute atomic E-state index is 10.9. The molecule has 1 aromatic rings. The van der Waals surface area contributed by atoms with Crippen LogP contribution in [-0.2, 0) is 11.3 Å². The third-order valence-corrected chi connectivity index (χ3v) is 1.81. The van der Waals surface area contributed by atoms with Crippen LogP contribution in [0.5, 0.6) is 5.75 Å². The second-order valence-electron chi connectivity index (χ2n) is 2.80. The Hall–Kier alpha value is -1.52. The Bertz CT molecular complexity index is 296. The number of rotatable bonds is 5. The highest BCUT2D eigenvalue weighted by molar-refractivity contribution is 5.75. The van der Waals surface area contributed by atoms with Gasteiger partial charge in [0.05, 0.1) is 25.4 Å². The zero-order chi connectivity index (χ0) is 10.4. The molecule has 1 rings (SSSR count). The van der Waals surface area contributed by atoms with Gasteiger partial charge in [-0.05, 0) is 6.92 Å². The van der Waals surface area contributed by atoms with Gasteiger partial charge in [-0.3, -0.25) is 9.48 Å². The third-order valence-electron chi connectivity index (χ3n) is 1.81. The van der Waals surface area contributed by atoms with Gasteiger partial charge in [0.2, 0.25) is 5.91 Å². The number of carbonyl (C=O) groups is 1. The number of hydrogen-bond acceptors (Lipinski definition) is 3. The Morgan fingerprint density at radius 1 is 1.71 bits per heavy atom. The first-order valence-corrected chi connectivity index (χ1v) is 4.62. The normalized spacial score (nSPS) is 9.86. The lowest BCUT2D eigenvalue weighted by Gasteiger charge is -2.01. The summed E-state index contributed by atoms with van der Waals surface area (Å²) < 4.78 is 7.09. The molecule has 1 heterocycles. The summed E-state index contributed by atoms with van der Waals surface area (Å²) in [7, 11) is 1.61. The van der Waals surface area contributed by atoms with E-state index in [0.717, 1.165) is 6.54 Å². The molecule has 0 atom stereocenters. The molecule has 0 spiro atoms. The molecule has 5 heteroatoms. The molecule has 0 aliphatic rings. The van der Waals surface area contributed by atoms with Crippen LogP contribution in [-0.4, -0.2) is 29.3 Å². The molecule has 5 nitrogen and oxygen atoms in total. The van der Waals surface area contributed by atoms with Gasteiger partial charge in [-0.15, -0.1) is 0 Å². The maximum Gasteiger partial charge on any atom is 0.223 e. The Kier molecular flexibility index (Phi) is 3.97. The number of amides is 1. The maximum atomic E-state index is 10.9. The van der Waals surface area contributed by atoms with Crippen LogP contribution in [0.4, 0.5) is 0 Å². The average Bonchev–Trinajstić information content (AvgIpc) is 2.65. The van der Waals surface area contributed by atoms with Crippen LogP contribution < -0.4 is 10.1 Å². The Balaban J connectivity index is 2.27. The van der Waals surface area contributed by atoms with Gasteiger partial charge in [-0.25, -0.2) is 0 Å². The van der Waals surface area contributed by atoms with E-state index in [1.807, 2.05) is 13.1 Å². The molecule has 14 heavy (non-hydrogen) atoms. The SMILES string of the molecule is CCn1cc(OCCC(=O)NC)cn1. The zero-order valence-corrected chi connectivity index (χ0v) is 8.49. The molecule has 0 bridgehead atoms. The Morgan fingerprint density at radius 2 is 2.50 bits per heavy atom. The van der Waals surface area contributed by atoms with E-state index in [0.29, 0.717) is 18.8 Å². The number of aromatic nitrogens is 2. The quantitative estimate of drug-likeness (QED) is 0.744. The molecule has 78 valence electrons. The van der Waals surface area contributed by atoms with E-state index >= 15 is 0 Å². The summed E-state index contributed by atoms with van der Waals surface area (Å²) in [6, 6.07) is 0. The van der Waals surface area contributed by atoms with Crippen molar-refractivity contribution in [3.8, 4) is 5.75 Å². The molecule has 0 aromatic carbocycles. The highest BCUT2D eigenvalue weighted by atomic mass is 16.5. The predicted octanol–water partition coefficient (Wildman–Crippen LogP) is 0.418. The molecular formula is C9H15N3O2. The van der Waals surface area contributed by atoms with Gasteiger partial charge < -0.3 is 10.1 Å². The summed E-state index contributed by atoms with van der Waals surface area (Å²) in [5.41, 5.74) is 0. The summed E-state index contributed by atoms with van der Waals surface area (Å²) >= 11 is 0. The van der Waals surface area contributed by atoms with E-state index in [4.69, 9.17) is 4.74 Å². The molecule has 1 N–H and O–H groups in total. The van der Waals surface area contributed by atoms with Crippen LogP contribution in [0.3, 0.4) is 0 Å². The lowest BCUT2D eigenvalue weighted by molar-refractivity contribution is -0.121. The van der Waals surface area contributed by atoms with Gasteiger partial charge in [-0.1, -0.05) is 0 Å². The van der Waals surface area contributed by atoms with Crippen molar-refractivity contribution in [1.82, 2.24) is 15.1 Å². The zero-order valence-electron chi connectivity index (χ0n) is 8.49. The van der Waals surface area contributed by atoms with E-state index in [1.165, 1.54) is 0 Å². The predicted molar refractivity (Wildman–Crippen MR) is 52.1 cm³/mol. The van der Waals surface area contributed by atoms with Crippen LogP contribution in [0.1, 0.15) is 13.3 Å². The van der Waals surface area contributed by atoms with E-state index in [1.54, 1.807) is 17.9 Å². The van der Waals surface area contributed by atoms with Gasteiger partial charge in [0.25, 0.3) is 0 Å². The molecule has 1 amide bonds. The summed E-state index contributed by atoms with van der Waals surface area (Å²) in [6.45, 7) is 3.20. The highest BCUT2D eigenvalue weighted by Gasteiger charge is 2.00. The smallest absolute Gasteiger partial charge is 0.223 e. The van der Waals surface area contributed by atoms with Crippen molar-refractivity contribution in [2.24, 2.45) is 0 Å². The monoisotopic (exact) mass is 197 g/mol. The van der Waals surface area contributed by atoms with E-state index in [9.17, 15) is 4.79 Å². The van der Waals surface area contributed by atoms with Gasteiger partial charge in [0.15, 0.2) is 5.75 Å². The second kappa shape index (κ2) is 5.26. The van der Waals surface area contributed by atoms with Crippen LogP contribution in [0.25, 0.3) is 0 Å². The van der Waals surface area contributed by atoms with Crippen LogP contribution in [0.2, 0.25) is 0 Å². The highest BCUT2D eigenvalue weighted by Crippen LogP contribution is 2.07. The van der Waals surface area contributed by atoms with E-state index < -0.39 is 0 Å². The fraction of sp³-hybridized carbons (Fsp3) is 0.556. The second-order valence-corrected chi connectivity index (χ2v) is 2.80. The largest absolute Gasteiger partial charge is 0.490 e. The van der Waals surface area contributed by atoms with Gasteiger partial charge >= 0.3 is 0 Å². The van der Waals surface area contributed by atoms with Crippen molar-refractivity contribution < 1.29 is 9.53 Å². The van der Waals surface area contributed by atoms with Crippen LogP contribution >= 0.6 is 0 Å². The molecule has 0 saturated heterocycles. The minimum absolute atomic E-state index is 0.0205. The minimum Gasteiger partial charge on any atom is -0.490 e. The fourth-order valence-electron chi connectivity index (χ4n) is 0.979. The summed E-state index contributed by atoms with van der Waals surface area (Å²) in [6.07, 6.45) is 3.82. The molecule has 0 saturated carbocycles. The molecule has 0 aliphatic heterocycles. The minimum atomic E-state index is -0.0205. The third kappa shape index (κ3) is 3.08. The molecule has 0 radical (unpaired) electrons. The molecular weight excluding hydrogens is 182 g/mol. The number of ether oxygens (including phenoxy) is 1. The first kappa shape index (κ1) is 10.6. The summed E-state index contributed by atoms with van der Waals surface area (Å²) in [4.78, 5) is 10.9. The van der Waals surface area contributed by atoms with Gasteiger partial charge in [0, 0.05) is 13.6 Å². The summed E-state index contributed by atoms with van der Waals surface area (Å²) in [5.74, 6) is 0.684. The van der Waals surface area contributed by atoms with E-state index in [2.05, 4.69) is 10.4 Å². The number of nitrogens with one attached hydrogen (secondary N) is 1. The Labute approximate surface area is 83.1 Å². The fourth-order valence-corrected chi connectivity index (χ4v) is 0.979. The first-order chi connectivity index (χ1) is 6.76. The average molecular weight is 197 g/mol. The summed E-state index contributed by atoms with van der Waals surface area (Å²) in [5, 5.41) is 6.57. The number of aryl methyl sites for hydroxylation is 1. The lowest BCUT2D eigenvalue weighted by Crippen LogP contribution is -2.19. The number of hydrogen-bond donors (Lipinski definition) is 1. The topological polar surface area (TPSA) is 56.1 Å². The van der Waals surface area contributed by atoms with Crippen LogP contribution in [0.15, 0.2) is 12.4 Å². The van der Waals surface area contributed by atoms with Crippen molar-refractivity contribution >= 4 is 5.91 Å². The van der Waals surface area contributed by atoms with Crippen molar-refractivity contribution in [3.63, 3.8) is 0 Å². The van der Waals surface area contributed by atoms with Crippen molar-refractivity contribution in [2.45, 2.75) is 19.9 Å².